The number of hydrogen-bond donors (Lipinski definition) is 3. The summed E-state index contributed by atoms with van der Waals surface area (Å²) >= 11 is 0. The van der Waals surface area contributed by atoms with Crippen molar-refractivity contribution in [3.8, 4) is 11.5 Å². The molecule has 1 aromatic carbocycles. The lowest BCUT2D eigenvalue weighted by Gasteiger charge is -2.25. The molecular weight excluding hydrogens is 244 g/mol. The van der Waals surface area contributed by atoms with Gasteiger partial charge >= 0.3 is 0 Å². The Morgan fingerprint density at radius 1 is 1.32 bits per heavy atom. The number of aromatic hydroxyl groups is 2. The average molecular weight is 262 g/mol. The molecule has 0 radical (unpaired) electrons. The number of nitrogens with zero attached hydrogens (tertiary/aromatic N) is 1. The number of carbonyl (C=O) groups excluding carboxylic acids is 1. The fourth-order valence-corrected chi connectivity index (χ4v) is 3.33. The molecule has 3 rings (SSSR count). The number of nitrogens with one attached hydrogen (secondary N) is 1. The van der Waals surface area contributed by atoms with Crippen LogP contribution in [0.4, 0.5) is 0 Å². The van der Waals surface area contributed by atoms with Crippen LogP contribution in [0.5, 0.6) is 11.5 Å². The van der Waals surface area contributed by atoms with Crippen LogP contribution in [-0.4, -0.2) is 46.7 Å². The number of phenols is 2. The van der Waals surface area contributed by atoms with Gasteiger partial charge in [0.05, 0.1) is 0 Å². The monoisotopic (exact) mass is 262 g/mol. The van der Waals surface area contributed by atoms with Crippen LogP contribution in [0.1, 0.15) is 17.3 Å². The summed E-state index contributed by atoms with van der Waals surface area (Å²) in [5, 5.41) is 22.9. The number of phenolic OH excluding ortho intramolecular Hbond substituents is 2. The lowest BCUT2D eigenvalue weighted by molar-refractivity contribution is 0.0722. The number of hydrogen-bond acceptors (Lipinski definition) is 4. The first-order chi connectivity index (χ1) is 9.09. The first kappa shape index (κ1) is 12.3. The highest BCUT2D eigenvalue weighted by atomic mass is 16.3. The summed E-state index contributed by atoms with van der Waals surface area (Å²) in [6, 6.07) is 4.51. The minimum Gasteiger partial charge on any atom is -0.507 e. The second kappa shape index (κ2) is 4.42. The molecule has 1 amide bonds. The van der Waals surface area contributed by atoms with Crippen LogP contribution in [0.15, 0.2) is 18.2 Å². The Balaban J connectivity index is 1.89. The molecule has 2 saturated heterocycles. The summed E-state index contributed by atoms with van der Waals surface area (Å²) in [6.07, 6.45) is 0. The summed E-state index contributed by atoms with van der Waals surface area (Å²) in [5.74, 6) is 0.348. The van der Waals surface area contributed by atoms with E-state index in [2.05, 4.69) is 5.32 Å². The molecular formula is C14H18N2O3. The van der Waals surface area contributed by atoms with E-state index in [1.165, 1.54) is 18.2 Å². The summed E-state index contributed by atoms with van der Waals surface area (Å²) < 4.78 is 0. The number of benzene rings is 1. The standard InChI is InChI=1S/C14H18N2O3/c1-8-10-6-15-5-9(10)7-16(8)14(19)13-11(17)3-2-4-12(13)18/h2-4,8-10,15,17-18H,5-7H2,1H3. The van der Waals surface area contributed by atoms with Crippen LogP contribution in [-0.2, 0) is 0 Å². The Morgan fingerprint density at radius 2 is 2.00 bits per heavy atom. The lowest BCUT2D eigenvalue weighted by atomic mass is 9.95. The molecule has 0 saturated carbocycles. The van der Waals surface area contributed by atoms with E-state index in [0.717, 1.165) is 13.1 Å². The molecule has 2 heterocycles. The predicted octanol–water partition coefficient (Wildman–Crippen LogP) is 0.778. The summed E-state index contributed by atoms with van der Waals surface area (Å²) in [7, 11) is 0. The topological polar surface area (TPSA) is 72.8 Å². The van der Waals surface area contributed by atoms with Crippen molar-refractivity contribution in [2.45, 2.75) is 13.0 Å². The molecule has 0 aromatic heterocycles. The van der Waals surface area contributed by atoms with Crippen LogP contribution in [0, 0.1) is 11.8 Å². The third kappa shape index (κ3) is 1.85. The van der Waals surface area contributed by atoms with Gasteiger partial charge in [-0.2, -0.15) is 0 Å². The highest BCUT2D eigenvalue weighted by Crippen LogP contribution is 2.36. The molecule has 0 aliphatic carbocycles. The van der Waals surface area contributed by atoms with E-state index in [0.29, 0.717) is 18.4 Å². The van der Waals surface area contributed by atoms with Gasteiger partial charge < -0.3 is 20.4 Å². The molecule has 5 heteroatoms. The Labute approximate surface area is 111 Å². The maximum absolute atomic E-state index is 12.5. The Hall–Kier alpha value is -1.75. The normalized spacial score (nSPS) is 29.5. The maximum Gasteiger partial charge on any atom is 0.261 e. The van der Waals surface area contributed by atoms with Gasteiger partial charge in [-0.3, -0.25) is 4.79 Å². The van der Waals surface area contributed by atoms with Crippen molar-refractivity contribution in [2.24, 2.45) is 11.8 Å². The molecule has 2 aliphatic heterocycles. The largest absolute Gasteiger partial charge is 0.507 e. The second-order valence-electron chi connectivity index (χ2n) is 5.45. The van der Waals surface area contributed by atoms with Gasteiger partial charge in [-0.1, -0.05) is 6.07 Å². The average Bonchev–Trinajstić information content (AvgIpc) is 2.92. The van der Waals surface area contributed by atoms with Gasteiger partial charge in [0.1, 0.15) is 17.1 Å². The minimum absolute atomic E-state index is 0.0160. The zero-order valence-electron chi connectivity index (χ0n) is 10.8. The Morgan fingerprint density at radius 3 is 2.63 bits per heavy atom. The van der Waals surface area contributed by atoms with Gasteiger partial charge in [0, 0.05) is 25.7 Å². The molecule has 19 heavy (non-hydrogen) atoms. The van der Waals surface area contributed by atoms with E-state index < -0.39 is 0 Å². The molecule has 0 spiro atoms. The van der Waals surface area contributed by atoms with Crippen LogP contribution in [0.3, 0.4) is 0 Å². The first-order valence-corrected chi connectivity index (χ1v) is 6.62. The zero-order chi connectivity index (χ0) is 13.6. The molecule has 2 aliphatic rings. The highest BCUT2D eigenvalue weighted by molar-refractivity contribution is 5.99. The lowest BCUT2D eigenvalue weighted by Crippen LogP contribution is -2.38. The van der Waals surface area contributed by atoms with Crippen molar-refractivity contribution < 1.29 is 15.0 Å². The van der Waals surface area contributed by atoms with Crippen LogP contribution < -0.4 is 5.32 Å². The quantitative estimate of drug-likeness (QED) is 0.699. The second-order valence-corrected chi connectivity index (χ2v) is 5.45. The van der Waals surface area contributed by atoms with Crippen molar-refractivity contribution in [2.75, 3.05) is 19.6 Å². The van der Waals surface area contributed by atoms with Gasteiger partial charge in [-0.25, -0.2) is 0 Å². The van der Waals surface area contributed by atoms with E-state index in [1.54, 1.807) is 4.90 Å². The molecule has 0 bridgehead atoms. The number of likely N-dealkylation sites (tertiary alicyclic amines) is 1. The number of rotatable bonds is 1. The fraction of sp³-hybridized carbons (Fsp3) is 0.500. The number of fused-ring (bicyclic) bond motifs is 1. The van der Waals surface area contributed by atoms with Gasteiger partial charge in [0.25, 0.3) is 5.91 Å². The SMILES string of the molecule is CC1C2CNCC2CN1C(=O)c1c(O)cccc1O. The third-order valence-corrected chi connectivity index (χ3v) is 4.43. The van der Waals surface area contributed by atoms with Crippen molar-refractivity contribution in [1.82, 2.24) is 10.2 Å². The minimum atomic E-state index is -0.280. The molecule has 2 fully saturated rings. The zero-order valence-corrected chi connectivity index (χ0v) is 10.8. The van der Waals surface area contributed by atoms with Crippen molar-refractivity contribution in [1.29, 1.82) is 0 Å². The molecule has 1 aromatic rings. The summed E-state index contributed by atoms with van der Waals surface area (Å²) in [6.45, 7) is 4.59. The van der Waals surface area contributed by atoms with E-state index in [9.17, 15) is 15.0 Å². The van der Waals surface area contributed by atoms with E-state index in [-0.39, 0.29) is 29.0 Å². The van der Waals surface area contributed by atoms with Crippen molar-refractivity contribution in [3.63, 3.8) is 0 Å². The van der Waals surface area contributed by atoms with Crippen molar-refractivity contribution in [3.05, 3.63) is 23.8 Å². The van der Waals surface area contributed by atoms with Crippen LogP contribution in [0.25, 0.3) is 0 Å². The predicted molar refractivity (Wildman–Crippen MR) is 70.1 cm³/mol. The van der Waals surface area contributed by atoms with Gasteiger partial charge in [0.2, 0.25) is 0 Å². The molecule has 3 unspecified atom stereocenters. The Bertz CT molecular complexity index is 497. The molecule has 5 nitrogen and oxygen atoms in total. The smallest absolute Gasteiger partial charge is 0.261 e. The van der Waals surface area contributed by atoms with Crippen LogP contribution in [0.2, 0.25) is 0 Å². The highest BCUT2D eigenvalue weighted by Gasteiger charge is 2.44. The van der Waals surface area contributed by atoms with E-state index in [4.69, 9.17) is 0 Å². The van der Waals surface area contributed by atoms with Crippen LogP contribution >= 0.6 is 0 Å². The van der Waals surface area contributed by atoms with Gasteiger partial charge in [0.15, 0.2) is 0 Å². The molecule has 102 valence electrons. The van der Waals surface area contributed by atoms with E-state index in [1.807, 2.05) is 6.92 Å². The number of carbonyl (C=O) groups is 1. The first-order valence-electron chi connectivity index (χ1n) is 6.62. The fourth-order valence-electron chi connectivity index (χ4n) is 3.33. The molecule has 3 N–H and O–H groups in total. The number of amides is 1. The molecule has 3 atom stereocenters. The summed E-state index contributed by atoms with van der Waals surface area (Å²) in [5.41, 5.74) is 0.0160. The van der Waals surface area contributed by atoms with Crippen molar-refractivity contribution >= 4 is 5.91 Å². The maximum atomic E-state index is 12.5. The van der Waals surface area contributed by atoms with Gasteiger partial charge in [-0.15, -0.1) is 0 Å². The van der Waals surface area contributed by atoms with E-state index >= 15 is 0 Å². The van der Waals surface area contributed by atoms with Gasteiger partial charge in [-0.05, 0) is 30.9 Å². The third-order valence-electron chi connectivity index (χ3n) is 4.43. The Kier molecular flexibility index (Phi) is 2.86. The summed E-state index contributed by atoms with van der Waals surface area (Å²) in [4.78, 5) is 14.3.